The van der Waals surface area contributed by atoms with E-state index in [4.69, 9.17) is 4.84 Å². The maximum atomic E-state index is 11.2. The Kier molecular flexibility index (Phi) is 20.5. The summed E-state index contributed by atoms with van der Waals surface area (Å²) in [6.45, 7) is 5.24. The lowest BCUT2D eigenvalue weighted by Gasteiger charge is -2.31. The third kappa shape index (κ3) is 15.8. The smallest absolute Gasteiger partial charge is 0.177 e. The number of hydroxylamine groups is 1. The Bertz CT molecular complexity index is 796. The van der Waals surface area contributed by atoms with E-state index in [1.54, 1.807) is 5.06 Å². The molecule has 0 saturated heterocycles. The molecule has 1 N–H and O–H groups in total. The Balaban J connectivity index is 1.84. The lowest BCUT2D eigenvalue weighted by atomic mass is 9.94. The first-order valence-electron chi connectivity index (χ1n) is 17.0. The maximum Gasteiger partial charge on any atom is 0.177 e. The highest BCUT2D eigenvalue weighted by molar-refractivity contribution is 5.45. The molecule has 0 saturated carbocycles. The number of nitrogens with zero attached hydrogens (tertiary/aromatic N) is 1. The summed E-state index contributed by atoms with van der Waals surface area (Å²) in [5.41, 5.74) is 1.74. The van der Waals surface area contributed by atoms with E-state index in [-0.39, 0.29) is 0 Å². The largest absolute Gasteiger partial charge is 0.367 e. The van der Waals surface area contributed by atoms with Gasteiger partial charge in [-0.3, -0.25) is 4.84 Å². The SMILES string of the molecule is CCCCCCCCCCCCC(CCCCCCCCCC)CON(c1ccccc1)C(O)c1ccccc1. The third-order valence-corrected chi connectivity index (χ3v) is 8.21. The lowest BCUT2D eigenvalue weighted by molar-refractivity contribution is -0.0108. The zero-order valence-corrected chi connectivity index (χ0v) is 26.1. The summed E-state index contributed by atoms with van der Waals surface area (Å²) in [5.74, 6) is 0.531. The van der Waals surface area contributed by atoms with E-state index >= 15 is 0 Å². The summed E-state index contributed by atoms with van der Waals surface area (Å²) in [6.07, 6.45) is 26.2. The van der Waals surface area contributed by atoms with Crippen molar-refractivity contribution in [2.45, 2.75) is 148 Å². The predicted molar refractivity (Wildman–Crippen MR) is 173 cm³/mol. The zero-order valence-electron chi connectivity index (χ0n) is 26.1. The third-order valence-electron chi connectivity index (χ3n) is 8.21. The van der Waals surface area contributed by atoms with Crippen LogP contribution in [-0.2, 0) is 4.84 Å². The van der Waals surface area contributed by atoms with Crippen LogP contribution in [0.2, 0.25) is 0 Å². The van der Waals surface area contributed by atoms with Gasteiger partial charge in [0.05, 0.1) is 12.3 Å². The molecule has 0 spiro atoms. The molecule has 2 aromatic carbocycles. The van der Waals surface area contributed by atoms with Crippen LogP contribution in [0.5, 0.6) is 0 Å². The number of rotatable bonds is 26. The number of benzene rings is 2. The van der Waals surface area contributed by atoms with E-state index in [1.807, 2.05) is 60.7 Å². The van der Waals surface area contributed by atoms with Gasteiger partial charge in [0.25, 0.3) is 0 Å². The van der Waals surface area contributed by atoms with Crippen molar-refractivity contribution < 1.29 is 9.94 Å². The summed E-state index contributed by atoms with van der Waals surface area (Å²) in [6, 6.07) is 19.9. The van der Waals surface area contributed by atoms with Gasteiger partial charge in [-0.1, -0.05) is 178 Å². The van der Waals surface area contributed by atoms with Crippen LogP contribution in [0, 0.1) is 5.92 Å². The number of hydrogen-bond acceptors (Lipinski definition) is 3. The van der Waals surface area contributed by atoms with Crippen LogP contribution >= 0.6 is 0 Å². The maximum absolute atomic E-state index is 11.2. The second kappa shape index (κ2) is 23.8. The molecule has 2 unspecified atom stereocenters. The van der Waals surface area contributed by atoms with Gasteiger partial charge in [0.1, 0.15) is 0 Å². The monoisotopic (exact) mass is 551 g/mol. The number of unbranched alkanes of at least 4 members (excludes halogenated alkanes) is 16. The highest BCUT2D eigenvalue weighted by Gasteiger charge is 2.21. The van der Waals surface area contributed by atoms with E-state index < -0.39 is 6.23 Å². The number of hydrogen-bond donors (Lipinski definition) is 1. The van der Waals surface area contributed by atoms with Crippen molar-refractivity contribution in [3.05, 3.63) is 66.2 Å². The molecular weight excluding hydrogens is 490 g/mol. The second-order valence-corrected chi connectivity index (χ2v) is 11.8. The fourth-order valence-electron chi connectivity index (χ4n) is 5.61. The minimum Gasteiger partial charge on any atom is -0.367 e. The van der Waals surface area contributed by atoms with Crippen molar-refractivity contribution in [2.75, 3.05) is 11.7 Å². The predicted octanol–water partition coefficient (Wildman–Crippen LogP) is 11.6. The minimum absolute atomic E-state index is 0.531. The molecular formula is C37H61NO2. The van der Waals surface area contributed by atoms with Gasteiger partial charge in [-0.25, -0.2) is 5.06 Å². The highest BCUT2D eigenvalue weighted by atomic mass is 16.7. The van der Waals surface area contributed by atoms with Gasteiger partial charge in [-0.15, -0.1) is 0 Å². The lowest BCUT2D eigenvalue weighted by Crippen LogP contribution is -2.31. The second-order valence-electron chi connectivity index (χ2n) is 11.8. The number of anilines is 1. The van der Waals surface area contributed by atoms with Gasteiger partial charge in [0.2, 0.25) is 0 Å². The van der Waals surface area contributed by atoms with Crippen LogP contribution < -0.4 is 5.06 Å². The summed E-state index contributed by atoms with van der Waals surface area (Å²) in [4.78, 5) is 6.45. The van der Waals surface area contributed by atoms with Gasteiger partial charge in [0.15, 0.2) is 6.23 Å². The average Bonchev–Trinajstić information content (AvgIpc) is 3.00. The van der Waals surface area contributed by atoms with Crippen LogP contribution in [0.3, 0.4) is 0 Å². The first-order chi connectivity index (χ1) is 19.8. The molecule has 0 aromatic heterocycles. The topological polar surface area (TPSA) is 32.7 Å². The highest BCUT2D eigenvalue weighted by Crippen LogP contribution is 2.28. The molecule has 0 aliphatic carbocycles. The van der Waals surface area contributed by atoms with Crippen molar-refractivity contribution in [3.63, 3.8) is 0 Å². The van der Waals surface area contributed by atoms with E-state index in [9.17, 15) is 5.11 Å². The van der Waals surface area contributed by atoms with Gasteiger partial charge in [-0.05, 0) is 30.9 Å². The molecule has 3 heteroatoms. The molecule has 0 bridgehead atoms. The van der Waals surface area contributed by atoms with Crippen LogP contribution in [0.25, 0.3) is 0 Å². The zero-order chi connectivity index (χ0) is 28.5. The van der Waals surface area contributed by atoms with E-state index in [0.29, 0.717) is 12.5 Å². The van der Waals surface area contributed by atoms with Crippen molar-refractivity contribution in [2.24, 2.45) is 5.92 Å². The Morgan fingerprint density at radius 1 is 0.550 bits per heavy atom. The van der Waals surface area contributed by atoms with Crippen molar-refractivity contribution >= 4 is 5.69 Å². The average molecular weight is 552 g/mol. The number of aliphatic hydroxyl groups excluding tert-OH is 1. The summed E-state index contributed by atoms with van der Waals surface area (Å²) in [7, 11) is 0. The van der Waals surface area contributed by atoms with Crippen LogP contribution in [0.15, 0.2) is 60.7 Å². The molecule has 0 aliphatic heterocycles. The van der Waals surface area contributed by atoms with Crippen LogP contribution in [0.4, 0.5) is 5.69 Å². The quantitative estimate of drug-likeness (QED) is 0.0717. The Hall–Kier alpha value is -1.84. The molecule has 0 radical (unpaired) electrons. The van der Waals surface area contributed by atoms with E-state index in [0.717, 1.165) is 11.3 Å². The fourth-order valence-corrected chi connectivity index (χ4v) is 5.61. The molecule has 0 heterocycles. The van der Waals surface area contributed by atoms with E-state index in [1.165, 1.54) is 128 Å². The van der Waals surface area contributed by atoms with Crippen molar-refractivity contribution in [1.29, 1.82) is 0 Å². The van der Waals surface area contributed by atoms with Gasteiger partial charge in [-0.2, -0.15) is 0 Å². The summed E-state index contributed by atoms with van der Waals surface area (Å²) in [5, 5.41) is 13.0. The van der Waals surface area contributed by atoms with Gasteiger partial charge < -0.3 is 5.11 Å². The Labute approximate surface area is 247 Å². The molecule has 40 heavy (non-hydrogen) atoms. The molecule has 0 fully saturated rings. The molecule has 2 aromatic rings. The molecule has 2 rings (SSSR count). The number of aliphatic hydroxyl groups is 1. The Morgan fingerprint density at radius 2 is 0.950 bits per heavy atom. The first-order valence-corrected chi connectivity index (χ1v) is 17.0. The molecule has 0 aliphatic rings. The van der Waals surface area contributed by atoms with Crippen LogP contribution in [0.1, 0.15) is 154 Å². The fraction of sp³-hybridized carbons (Fsp3) is 0.676. The van der Waals surface area contributed by atoms with Crippen molar-refractivity contribution in [3.8, 4) is 0 Å². The summed E-state index contributed by atoms with van der Waals surface area (Å²) >= 11 is 0. The Morgan fingerprint density at radius 3 is 1.40 bits per heavy atom. The van der Waals surface area contributed by atoms with E-state index in [2.05, 4.69) is 13.8 Å². The normalized spacial score (nSPS) is 12.9. The molecule has 226 valence electrons. The molecule has 3 nitrogen and oxygen atoms in total. The molecule has 2 atom stereocenters. The van der Waals surface area contributed by atoms with Crippen molar-refractivity contribution in [1.82, 2.24) is 0 Å². The molecule has 0 amide bonds. The first kappa shape index (κ1) is 34.4. The standard InChI is InChI=1S/C37H61NO2/c1-3-5-7-9-11-13-14-16-18-22-28-34(27-21-17-15-12-10-8-6-4-2)33-40-38(36-31-25-20-26-32-36)37(39)35-29-23-19-24-30-35/h19-20,23-26,29-32,34,37,39H,3-18,21-22,27-28,33H2,1-2H3. The van der Waals surface area contributed by atoms with Gasteiger partial charge in [0, 0.05) is 5.56 Å². The van der Waals surface area contributed by atoms with Crippen LogP contribution in [-0.4, -0.2) is 11.7 Å². The summed E-state index contributed by atoms with van der Waals surface area (Å²) < 4.78 is 0. The number of para-hydroxylation sites is 1. The minimum atomic E-state index is -0.829. The van der Waals surface area contributed by atoms with Gasteiger partial charge >= 0.3 is 0 Å².